The zero-order valence-electron chi connectivity index (χ0n) is 17.5. The molecule has 0 saturated heterocycles. The third kappa shape index (κ3) is 6.05. The van der Waals surface area contributed by atoms with E-state index in [0.29, 0.717) is 12.8 Å². The molecule has 1 unspecified atom stereocenters. The van der Waals surface area contributed by atoms with E-state index in [2.05, 4.69) is 10.6 Å². The molecule has 0 aromatic heterocycles. The molecule has 0 heterocycles. The number of rotatable bonds is 8. The standard InChI is InChI=1S/C26H28N2O2/c1-19(2)17-25(29)27-24(18-20-11-5-3-6-12-20)26(30)28-23-16-10-9-15-22(23)21-13-7-4-8-14-21/h3-16,19,24H,17-18H2,1-2H3,(H,27,29)(H,28,30). The molecule has 0 aliphatic heterocycles. The smallest absolute Gasteiger partial charge is 0.247 e. The van der Waals surface area contributed by atoms with Gasteiger partial charge in [-0.15, -0.1) is 0 Å². The Morgan fingerprint density at radius 1 is 0.800 bits per heavy atom. The molecular weight excluding hydrogens is 372 g/mol. The van der Waals surface area contributed by atoms with E-state index in [1.165, 1.54) is 0 Å². The molecule has 0 spiro atoms. The summed E-state index contributed by atoms with van der Waals surface area (Å²) >= 11 is 0. The van der Waals surface area contributed by atoms with Crippen LogP contribution < -0.4 is 10.6 Å². The van der Waals surface area contributed by atoms with Crippen LogP contribution in [-0.2, 0) is 16.0 Å². The Hall–Kier alpha value is -3.40. The summed E-state index contributed by atoms with van der Waals surface area (Å²) in [6.45, 7) is 3.98. The summed E-state index contributed by atoms with van der Waals surface area (Å²) in [5.74, 6) is -0.110. The highest BCUT2D eigenvalue weighted by Crippen LogP contribution is 2.27. The summed E-state index contributed by atoms with van der Waals surface area (Å²) in [6, 6.07) is 26.7. The molecule has 3 aromatic carbocycles. The Morgan fingerprint density at radius 2 is 1.40 bits per heavy atom. The summed E-state index contributed by atoms with van der Waals surface area (Å²) in [7, 11) is 0. The minimum atomic E-state index is -0.650. The van der Waals surface area contributed by atoms with Gasteiger partial charge < -0.3 is 10.6 Å². The highest BCUT2D eigenvalue weighted by Gasteiger charge is 2.22. The Bertz CT molecular complexity index is 969. The number of nitrogens with one attached hydrogen (secondary N) is 2. The number of anilines is 1. The van der Waals surface area contributed by atoms with E-state index in [-0.39, 0.29) is 17.7 Å². The van der Waals surface area contributed by atoms with Crippen LogP contribution in [0.5, 0.6) is 0 Å². The zero-order valence-corrected chi connectivity index (χ0v) is 17.5. The first-order valence-corrected chi connectivity index (χ1v) is 10.3. The second-order valence-electron chi connectivity index (χ2n) is 7.81. The van der Waals surface area contributed by atoms with Crippen LogP contribution in [0.4, 0.5) is 5.69 Å². The average Bonchev–Trinajstić information content (AvgIpc) is 2.74. The van der Waals surface area contributed by atoms with Gasteiger partial charge in [0.05, 0.1) is 0 Å². The van der Waals surface area contributed by atoms with Gasteiger partial charge >= 0.3 is 0 Å². The largest absolute Gasteiger partial charge is 0.344 e. The molecule has 30 heavy (non-hydrogen) atoms. The van der Waals surface area contributed by atoms with Gasteiger partial charge in [0.1, 0.15) is 6.04 Å². The van der Waals surface area contributed by atoms with Crippen molar-refractivity contribution in [1.29, 1.82) is 0 Å². The Labute approximate surface area is 178 Å². The van der Waals surface area contributed by atoms with Crippen molar-refractivity contribution < 1.29 is 9.59 Å². The highest BCUT2D eigenvalue weighted by molar-refractivity contribution is 6.00. The molecule has 1 atom stereocenters. The van der Waals surface area contributed by atoms with Crippen molar-refractivity contribution >= 4 is 17.5 Å². The van der Waals surface area contributed by atoms with Crippen LogP contribution in [0.2, 0.25) is 0 Å². The van der Waals surface area contributed by atoms with Gasteiger partial charge in [-0.1, -0.05) is 92.7 Å². The molecule has 0 aliphatic rings. The molecule has 0 saturated carbocycles. The third-order valence-corrected chi connectivity index (χ3v) is 4.80. The number of para-hydroxylation sites is 1. The summed E-state index contributed by atoms with van der Waals surface area (Å²) in [6.07, 6.45) is 0.823. The van der Waals surface area contributed by atoms with Crippen molar-refractivity contribution in [1.82, 2.24) is 5.32 Å². The van der Waals surface area contributed by atoms with Crippen molar-refractivity contribution in [3.8, 4) is 11.1 Å². The van der Waals surface area contributed by atoms with Gasteiger partial charge in [-0.2, -0.15) is 0 Å². The zero-order chi connectivity index (χ0) is 21.3. The van der Waals surface area contributed by atoms with Gasteiger partial charge in [0.15, 0.2) is 0 Å². The van der Waals surface area contributed by atoms with Crippen LogP contribution in [0.3, 0.4) is 0 Å². The number of hydrogen-bond acceptors (Lipinski definition) is 2. The fourth-order valence-corrected chi connectivity index (χ4v) is 3.36. The fraction of sp³-hybridized carbons (Fsp3) is 0.231. The second-order valence-corrected chi connectivity index (χ2v) is 7.81. The molecule has 2 N–H and O–H groups in total. The van der Waals surface area contributed by atoms with Gasteiger partial charge in [-0.25, -0.2) is 0 Å². The summed E-state index contributed by atoms with van der Waals surface area (Å²) in [5.41, 5.74) is 3.69. The maximum Gasteiger partial charge on any atom is 0.247 e. The lowest BCUT2D eigenvalue weighted by molar-refractivity contribution is -0.127. The van der Waals surface area contributed by atoms with Gasteiger partial charge in [0.2, 0.25) is 11.8 Å². The molecule has 3 aromatic rings. The van der Waals surface area contributed by atoms with Crippen LogP contribution in [-0.4, -0.2) is 17.9 Å². The molecule has 0 bridgehead atoms. The molecule has 4 heteroatoms. The maximum atomic E-state index is 13.2. The van der Waals surface area contributed by atoms with Crippen LogP contribution in [0, 0.1) is 5.92 Å². The Morgan fingerprint density at radius 3 is 2.07 bits per heavy atom. The van der Waals surface area contributed by atoms with Gasteiger partial charge in [0.25, 0.3) is 0 Å². The number of carbonyl (C=O) groups excluding carboxylic acids is 2. The van der Waals surface area contributed by atoms with Crippen LogP contribution >= 0.6 is 0 Å². The van der Waals surface area contributed by atoms with E-state index in [1.807, 2.05) is 98.8 Å². The average molecular weight is 401 g/mol. The number of benzene rings is 3. The highest BCUT2D eigenvalue weighted by atomic mass is 16.2. The van der Waals surface area contributed by atoms with Crippen molar-refractivity contribution in [3.05, 3.63) is 90.5 Å². The van der Waals surface area contributed by atoms with Crippen molar-refractivity contribution in [3.63, 3.8) is 0 Å². The van der Waals surface area contributed by atoms with Crippen molar-refractivity contribution in [2.45, 2.75) is 32.7 Å². The topological polar surface area (TPSA) is 58.2 Å². The second kappa shape index (κ2) is 10.4. The summed E-state index contributed by atoms with van der Waals surface area (Å²) in [5, 5.41) is 5.96. The summed E-state index contributed by atoms with van der Waals surface area (Å²) < 4.78 is 0. The molecule has 4 nitrogen and oxygen atoms in total. The third-order valence-electron chi connectivity index (χ3n) is 4.80. The lowest BCUT2D eigenvalue weighted by atomic mass is 10.0. The summed E-state index contributed by atoms with van der Waals surface area (Å²) in [4.78, 5) is 25.6. The van der Waals surface area contributed by atoms with E-state index in [1.54, 1.807) is 0 Å². The van der Waals surface area contributed by atoms with Gasteiger partial charge in [-0.05, 0) is 23.1 Å². The van der Waals surface area contributed by atoms with Crippen molar-refractivity contribution in [2.75, 3.05) is 5.32 Å². The molecule has 3 rings (SSSR count). The quantitative estimate of drug-likeness (QED) is 0.555. The van der Waals surface area contributed by atoms with Crippen molar-refractivity contribution in [2.24, 2.45) is 5.92 Å². The minimum absolute atomic E-state index is 0.113. The maximum absolute atomic E-state index is 13.2. The number of amides is 2. The van der Waals surface area contributed by atoms with E-state index in [4.69, 9.17) is 0 Å². The molecular formula is C26H28N2O2. The van der Waals surface area contributed by atoms with Crippen LogP contribution in [0.15, 0.2) is 84.9 Å². The van der Waals surface area contributed by atoms with Gasteiger partial charge in [0, 0.05) is 24.1 Å². The Balaban J connectivity index is 1.82. The minimum Gasteiger partial charge on any atom is -0.344 e. The van der Waals surface area contributed by atoms with E-state index in [0.717, 1.165) is 22.4 Å². The first-order valence-electron chi connectivity index (χ1n) is 10.3. The Kier molecular flexibility index (Phi) is 7.39. The van der Waals surface area contributed by atoms with Crippen LogP contribution in [0.25, 0.3) is 11.1 Å². The number of hydrogen-bond donors (Lipinski definition) is 2. The SMILES string of the molecule is CC(C)CC(=O)NC(Cc1ccccc1)C(=O)Nc1ccccc1-c1ccccc1. The normalized spacial score (nSPS) is 11.7. The molecule has 0 aliphatic carbocycles. The first kappa shape index (κ1) is 21.3. The predicted octanol–water partition coefficient (Wildman–Crippen LogP) is 5.07. The molecule has 2 amide bonds. The molecule has 154 valence electrons. The van der Waals surface area contributed by atoms with E-state index in [9.17, 15) is 9.59 Å². The van der Waals surface area contributed by atoms with Gasteiger partial charge in [-0.3, -0.25) is 9.59 Å². The van der Waals surface area contributed by atoms with Crippen LogP contribution in [0.1, 0.15) is 25.8 Å². The number of carbonyl (C=O) groups is 2. The lowest BCUT2D eigenvalue weighted by Crippen LogP contribution is -2.45. The monoisotopic (exact) mass is 400 g/mol. The van der Waals surface area contributed by atoms with E-state index >= 15 is 0 Å². The fourth-order valence-electron chi connectivity index (χ4n) is 3.36. The van der Waals surface area contributed by atoms with E-state index < -0.39 is 6.04 Å². The predicted molar refractivity (Wildman–Crippen MR) is 122 cm³/mol. The molecule has 0 fully saturated rings. The molecule has 0 radical (unpaired) electrons. The first-order chi connectivity index (χ1) is 14.5. The lowest BCUT2D eigenvalue weighted by Gasteiger charge is -2.20.